The average molecular weight is 383 g/mol. The van der Waals surface area contributed by atoms with E-state index in [2.05, 4.69) is 46.3 Å². The van der Waals surface area contributed by atoms with E-state index in [-0.39, 0.29) is 24.0 Å². The Morgan fingerprint density at radius 2 is 1.84 bits per heavy atom. The zero-order valence-electron chi connectivity index (χ0n) is 12.8. The van der Waals surface area contributed by atoms with Crippen LogP contribution < -0.4 is 10.6 Å². The molecule has 6 heteroatoms. The second-order valence-corrected chi connectivity index (χ2v) is 5.07. The molecule has 0 radical (unpaired) electrons. The SMILES string of the molecule is CCCNC(=NC)NCC(C)N1CCN(C)CC1.I. The molecule has 0 spiro atoms. The fourth-order valence-electron chi connectivity index (χ4n) is 2.10. The van der Waals surface area contributed by atoms with Gasteiger partial charge in [-0.1, -0.05) is 6.92 Å². The number of nitrogens with one attached hydrogen (secondary N) is 2. The molecule has 0 bridgehead atoms. The van der Waals surface area contributed by atoms with Gasteiger partial charge in [0.2, 0.25) is 0 Å². The number of likely N-dealkylation sites (N-methyl/N-ethyl adjacent to an activating group) is 1. The van der Waals surface area contributed by atoms with Crippen LogP contribution in [0.3, 0.4) is 0 Å². The van der Waals surface area contributed by atoms with E-state index in [1.54, 1.807) is 0 Å². The molecular formula is C13H30IN5. The van der Waals surface area contributed by atoms with E-state index in [1.807, 2.05) is 7.05 Å². The summed E-state index contributed by atoms with van der Waals surface area (Å²) >= 11 is 0. The number of halogens is 1. The number of hydrogen-bond acceptors (Lipinski definition) is 3. The van der Waals surface area contributed by atoms with Gasteiger partial charge in [-0.25, -0.2) is 0 Å². The average Bonchev–Trinajstić information content (AvgIpc) is 2.39. The van der Waals surface area contributed by atoms with Crippen molar-refractivity contribution in [1.82, 2.24) is 20.4 Å². The van der Waals surface area contributed by atoms with E-state index in [0.29, 0.717) is 6.04 Å². The van der Waals surface area contributed by atoms with Gasteiger partial charge in [0, 0.05) is 52.4 Å². The molecule has 0 aromatic carbocycles. The Labute approximate surface area is 135 Å². The summed E-state index contributed by atoms with van der Waals surface area (Å²) in [4.78, 5) is 9.15. The molecule has 1 aliphatic heterocycles. The van der Waals surface area contributed by atoms with Crippen LogP contribution in [0.1, 0.15) is 20.3 Å². The highest BCUT2D eigenvalue weighted by molar-refractivity contribution is 14.0. The Balaban J connectivity index is 0.00000324. The summed E-state index contributed by atoms with van der Waals surface area (Å²) in [5.41, 5.74) is 0. The first-order valence-corrected chi connectivity index (χ1v) is 7.04. The first-order valence-electron chi connectivity index (χ1n) is 7.04. The molecule has 1 aliphatic rings. The number of aliphatic imine (C=N–C) groups is 1. The summed E-state index contributed by atoms with van der Waals surface area (Å²) in [7, 11) is 4.02. The summed E-state index contributed by atoms with van der Waals surface area (Å²) < 4.78 is 0. The van der Waals surface area contributed by atoms with E-state index in [0.717, 1.165) is 25.5 Å². The molecular weight excluding hydrogens is 353 g/mol. The highest BCUT2D eigenvalue weighted by atomic mass is 127. The number of nitrogens with zero attached hydrogens (tertiary/aromatic N) is 3. The van der Waals surface area contributed by atoms with Gasteiger partial charge in [-0.2, -0.15) is 0 Å². The maximum Gasteiger partial charge on any atom is 0.191 e. The standard InChI is InChI=1S/C13H29N5.HI/c1-5-6-15-13(14-3)16-11-12(2)18-9-7-17(4)8-10-18;/h12H,5-11H2,1-4H3,(H2,14,15,16);1H. The van der Waals surface area contributed by atoms with Crippen molar-refractivity contribution in [2.45, 2.75) is 26.3 Å². The van der Waals surface area contributed by atoms with E-state index >= 15 is 0 Å². The van der Waals surface area contributed by atoms with Crippen molar-refractivity contribution in [3.63, 3.8) is 0 Å². The second-order valence-electron chi connectivity index (χ2n) is 5.07. The molecule has 0 amide bonds. The Morgan fingerprint density at radius 3 is 2.37 bits per heavy atom. The summed E-state index contributed by atoms with van der Waals surface area (Å²) in [5.74, 6) is 0.915. The number of guanidine groups is 1. The molecule has 5 nitrogen and oxygen atoms in total. The highest BCUT2D eigenvalue weighted by Crippen LogP contribution is 2.03. The van der Waals surface area contributed by atoms with Gasteiger partial charge < -0.3 is 15.5 Å². The lowest BCUT2D eigenvalue weighted by atomic mass is 10.2. The first kappa shape index (κ1) is 18.9. The minimum Gasteiger partial charge on any atom is -0.356 e. The van der Waals surface area contributed by atoms with Gasteiger partial charge in [0.15, 0.2) is 5.96 Å². The molecule has 1 saturated heterocycles. The summed E-state index contributed by atoms with van der Waals surface area (Å²) in [6.45, 7) is 11.1. The fraction of sp³-hybridized carbons (Fsp3) is 0.923. The molecule has 0 aromatic heterocycles. The highest BCUT2D eigenvalue weighted by Gasteiger charge is 2.18. The third kappa shape index (κ3) is 7.31. The van der Waals surface area contributed by atoms with E-state index < -0.39 is 0 Å². The molecule has 1 heterocycles. The summed E-state index contributed by atoms with van der Waals surface area (Å²) in [5, 5.41) is 6.69. The fourth-order valence-corrected chi connectivity index (χ4v) is 2.10. The monoisotopic (exact) mass is 383 g/mol. The van der Waals surface area contributed by atoms with Crippen molar-refractivity contribution in [3.8, 4) is 0 Å². The van der Waals surface area contributed by atoms with Gasteiger partial charge in [-0.15, -0.1) is 24.0 Å². The molecule has 19 heavy (non-hydrogen) atoms. The van der Waals surface area contributed by atoms with Crippen molar-refractivity contribution >= 4 is 29.9 Å². The molecule has 1 atom stereocenters. The molecule has 1 rings (SSSR count). The van der Waals surface area contributed by atoms with Crippen molar-refractivity contribution in [3.05, 3.63) is 0 Å². The van der Waals surface area contributed by atoms with Crippen LogP contribution in [-0.2, 0) is 0 Å². The van der Waals surface area contributed by atoms with Gasteiger partial charge in [0.25, 0.3) is 0 Å². The van der Waals surface area contributed by atoms with Gasteiger partial charge >= 0.3 is 0 Å². The summed E-state index contributed by atoms with van der Waals surface area (Å²) in [6.07, 6.45) is 1.12. The van der Waals surface area contributed by atoms with Crippen molar-refractivity contribution in [2.24, 2.45) is 4.99 Å². The lowest BCUT2D eigenvalue weighted by Crippen LogP contribution is -2.52. The van der Waals surface area contributed by atoms with Gasteiger partial charge in [-0.05, 0) is 20.4 Å². The van der Waals surface area contributed by atoms with Crippen molar-refractivity contribution in [2.75, 3.05) is 53.4 Å². The topological polar surface area (TPSA) is 42.9 Å². The Bertz CT molecular complexity index is 251. The van der Waals surface area contributed by atoms with Crippen LogP contribution in [0.5, 0.6) is 0 Å². The van der Waals surface area contributed by atoms with Crippen LogP contribution >= 0.6 is 24.0 Å². The predicted molar refractivity (Wildman–Crippen MR) is 93.6 cm³/mol. The smallest absolute Gasteiger partial charge is 0.191 e. The lowest BCUT2D eigenvalue weighted by Gasteiger charge is -2.36. The molecule has 1 unspecified atom stereocenters. The molecule has 2 N–H and O–H groups in total. The third-order valence-corrected chi connectivity index (χ3v) is 3.49. The van der Waals surface area contributed by atoms with Gasteiger partial charge in [0.05, 0.1) is 0 Å². The van der Waals surface area contributed by atoms with E-state index in [4.69, 9.17) is 0 Å². The molecule has 114 valence electrons. The molecule has 0 aliphatic carbocycles. The molecule has 0 saturated carbocycles. The molecule has 1 fully saturated rings. The van der Waals surface area contributed by atoms with E-state index in [9.17, 15) is 0 Å². The van der Waals surface area contributed by atoms with Crippen LogP contribution in [0, 0.1) is 0 Å². The van der Waals surface area contributed by atoms with Crippen LogP contribution in [0.25, 0.3) is 0 Å². The van der Waals surface area contributed by atoms with Gasteiger partial charge in [0.1, 0.15) is 0 Å². The number of hydrogen-bond donors (Lipinski definition) is 2. The first-order chi connectivity index (χ1) is 8.67. The maximum absolute atomic E-state index is 4.22. The van der Waals surface area contributed by atoms with Crippen molar-refractivity contribution in [1.29, 1.82) is 0 Å². The van der Waals surface area contributed by atoms with Crippen LogP contribution in [0.4, 0.5) is 0 Å². The van der Waals surface area contributed by atoms with E-state index in [1.165, 1.54) is 26.2 Å². The second kappa shape index (κ2) is 10.7. The maximum atomic E-state index is 4.22. The zero-order valence-corrected chi connectivity index (χ0v) is 15.1. The predicted octanol–water partition coefficient (Wildman–Crippen LogP) is 0.815. The normalized spacial score (nSPS) is 19.7. The minimum absolute atomic E-state index is 0. The van der Waals surface area contributed by atoms with Crippen LogP contribution in [-0.4, -0.2) is 75.2 Å². The number of piperazine rings is 1. The molecule has 0 aromatic rings. The Hall–Kier alpha value is -0.0800. The van der Waals surface area contributed by atoms with Crippen LogP contribution in [0.15, 0.2) is 4.99 Å². The summed E-state index contributed by atoms with van der Waals surface area (Å²) in [6, 6.07) is 0.555. The lowest BCUT2D eigenvalue weighted by molar-refractivity contribution is 0.120. The minimum atomic E-state index is 0. The quantitative estimate of drug-likeness (QED) is 0.419. The van der Waals surface area contributed by atoms with Crippen molar-refractivity contribution < 1.29 is 0 Å². The Kier molecular flexibility index (Phi) is 10.6. The number of rotatable bonds is 5. The van der Waals surface area contributed by atoms with Gasteiger partial charge in [-0.3, -0.25) is 9.89 Å². The van der Waals surface area contributed by atoms with Crippen LogP contribution in [0.2, 0.25) is 0 Å². The third-order valence-electron chi connectivity index (χ3n) is 3.49. The zero-order chi connectivity index (χ0) is 13.4. The Morgan fingerprint density at radius 1 is 1.21 bits per heavy atom. The largest absolute Gasteiger partial charge is 0.356 e.